The molecule has 0 heterocycles. The summed E-state index contributed by atoms with van der Waals surface area (Å²) in [5.41, 5.74) is 4.92. The van der Waals surface area contributed by atoms with Crippen LogP contribution >= 0.6 is 0 Å². The second kappa shape index (κ2) is 9.92. The van der Waals surface area contributed by atoms with Gasteiger partial charge in [-0.3, -0.25) is 0 Å². The van der Waals surface area contributed by atoms with Crippen molar-refractivity contribution in [2.24, 2.45) is 0 Å². The third kappa shape index (κ3) is 5.49. The summed E-state index contributed by atoms with van der Waals surface area (Å²) in [6.45, 7) is 2.96. The number of methoxy groups -OCH3 is 1. The van der Waals surface area contributed by atoms with E-state index in [-0.39, 0.29) is 10.6 Å². The van der Waals surface area contributed by atoms with E-state index in [1.807, 2.05) is 68.6 Å². The molecule has 0 atom stereocenters. The quantitative estimate of drug-likeness (QED) is 0.503. The maximum absolute atomic E-state index is 13.3. The molecule has 158 valence electrons. The van der Waals surface area contributed by atoms with Crippen LogP contribution in [0.5, 0.6) is 5.75 Å². The van der Waals surface area contributed by atoms with Gasteiger partial charge in [0.2, 0.25) is 0 Å². The van der Waals surface area contributed by atoms with Crippen LogP contribution in [0.25, 0.3) is 11.1 Å². The summed E-state index contributed by atoms with van der Waals surface area (Å²) in [4.78, 5) is 0.226. The zero-order valence-corrected chi connectivity index (χ0v) is 18.6. The summed E-state index contributed by atoms with van der Waals surface area (Å²) in [5, 5.41) is 3.14. The number of sulfone groups is 1. The van der Waals surface area contributed by atoms with E-state index in [0.717, 1.165) is 47.2 Å². The first-order chi connectivity index (χ1) is 14.4. The second-order valence-electron chi connectivity index (χ2n) is 7.52. The normalized spacial score (nSPS) is 11.4. The van der Waals surface area contributed by atoms with Crippen LogP contribution in [0.2, 0.25) is 0 Å². The van der Waals surface area contributed by atoms with Crippen LogP contribution in [-0.4, -0.2) is 29.1 Å². The van der Waals surface area contributed by atoms with Gasteiger partial charge < -0.3 is 10.1 Å². The highest BCUT2D eigenvalue weighted by atomic mass is 32.2. The molecule has 0 aliphatic carbocycles. The Kier molecular flexibility index (Phi) is 7.29. The van der Waals surface area contributed by atoms with Gasteiger partial charge in [-0.15, -0.1) is 0 Å². The van der Waals surface area contributed by atoms with Crippen molar-refractivity contribution in [2.75, 3.05) is 20.7 Å². The Hall–Kier alpha value is -2.63. The third-order valence-corrected chi connectivity index (χ3v) is 6.79. The highest BCUT2D eigenvalue weighted by Gasteiger charge is 2.21. The molecule has 0 aliphatic heterocycles. The molecule has 0 aliphatic rings. The van der Waals surface area contributed by atoms with Crippen molar-refractivity contribution in [3.63, 3.8) is 0 Å². The Morgan fingerprint density at radius 1 is 0.900 bits per heavy atom. The highest BCUT2D eigenvalue weighted by Crippen LogP contribution is 2.32. The van der Waals surface area contributed by atoms with Gasteiger partial charge in [0.1, 0.15) is 10.6 Å². The van der Waals surface area contributed by atoms with E-state index in [0.29, 0.717) is 5.75 Å². The highest BCUT2D eigenvalue weighted by molar-refractivity contribution is 7.90. The summed E-state index contributed by atoms with van der Waals surface area (Å²) in [6, 6.07) is 21.2. The first kappa shape index (κ1) is 22.1. The van der Waals surface area contributed by atoms with Gasteiger partial charge in [0.05, 0.1) is 12.9 Å². The molecular weight excluding hydrogens is 394 g/mol. The average molecular weight is 424 g/mol. The summed E-state index contributed by atoms with van der Waals surface area (Å²) >= 11 is 0. The van der Waals surface area contributed by atoms with Crippen molar-refractivity contribution in [3.05, 3.63) is 83.4 Å². The number of hydrogen-bond acceptors (Lipinski definition) is 4. The molecular formula is C25H29NO3S. The molecule has 0 bridgehead atoms. The lowest BCUT2D eigenvalue weighted by atomic mass is 10.0. The second-order valence-corrected chi connectivity index (χ2v) is 9.48. The van der Waals surface area contributed by atoms with E-state index in [4.69, 9.17) is 4.74 Å². The van der Waals surface area contributed by atoms with Crippen LogP contribution in [0, 0.1) is 6.92 Å². The van der Waals surface area contributed by atoms with Crippen molar-refractivity contribution in [1.29, 1.82) is 0 Å². The molecule has 30 heavy (non-hydrogen) atoms. The van der Waals surface area contributed by atoms with E-state index in [1.54, 1.807) is 12.1 Å². The lowest BCUT2D eigenvalue weighted by Crippen LogP contribution is -2.09. The fraction of sp³-hybridized carbons (Fsp3) is 0.280. The number of rotatable bonds is 9. The van der Waals surface area contributed by atoms with Gasteiger partial charge in [0.25, 0.3) is 0 Å². The SMILES string of the molecule is CNCCCc1cccc(CS(=O)(=O)c2cc(-c3cccc(C)c3)ccc2OC)c1. The first-order valence-corrected chi connectivity index (χ1v) is 11.8. The number of hydrogen-bond donors (Lipinski definition) is 1. The summed E-state index contributed by atoms with van der Waals surface area (Å²) in [7, 11) is -0.141. The lowest BCUT2D eigenvalue weighted by Gasteiger charge is -2.13. The van der Waals surface area contributed by atoms with E-state index >= 15 is 0 Å². The van der Waals surface area contributed by atoms with E-state index in [9.17, 15) is 8.42 Å². The zero-order chi connectivity index (χ0) is 21.6. The topological polar surface area (TPSA) is 55.4 Å². The Morgan fingerprint density at radius 3 is 2.37 bits per heavy atom. The molecule has 0 saturated heterocycles. The standard InChI is InChI=1S/C25H29NO3S/c1-19-7-4-11-22(15-19)23-12-13-24(29-3)25(17-23)30(27,28)18-21-9-5-8-20(16-21)10-6-14-26-2/h4-5,7-9,11-13,15-17,26H,6,10,14,18H2,1-3H3. The van der Waals surface area contributed by atoms with Crippen LogP contribution in [0.1, 0.15) is 23.1 Å². The monoisotopic (exact) mass is 423 g/mol. The molecule has 1 N–H and O–H groups in total. The molecule has 4 nitrogen and oxygen atoms in total. The van der Waals surface area contributed by atoms with Crippen LogP contribution in [-0.2, 0) is 22.0 Å². The van der Waals surface area contributed by atoms with E-state index in [2.05, 4.69) is 5.32 Å². The minimum Gasteiger partial charge on any atom is -0.495 e. The molecule has 0 amide bonds. The van der Waals surface area contributed by atoms with Gasteiger partial charge in [-0.2, -0.15) is 0 Å². The first-order valence-electron chi connectivity index (χ1n) is 10.1. The fourth-order valence-corrected chi connectivity index (χ4v) is 5.10. The van der Waals surface area contributed by atoms with Crippen molar-refractivity contribution >= 4 is 9.84 Å². The van der Waals surface area contributed by atoms with Gasteiger partial charge >= 0.3 is 0 Å². The number of ether oxygens (including phenoxy) is 1. The third-order valence-electron chi connectivity index (χ3n) is 5.09. The smallest absolute Gasteiger partial charge is 0.186 e. The molecule has 0 fully saturated rings. The van der Waals surface area contributed by atoms with Crippen LogP contribution in [0.3, 0.4) is 0 Å². The van der Waals surface area contributed by atoms with Gasteiger partial charge in [0, 0.05) is 0 Å². The molecule has 5 heteroatoms. The van der Waals surface area contributed by atoms with Crippen molar-refractivity contribution in [3.8, 4) is 16.9 Å². The maximum Gasteiger partial charge on any atom is 0.186 e. The van der Waals surface area contributed by atoms with Crippen LogP contribution < -0.4 is 10.1 Å². The van der Waals surface area contributed by atoms with E-state index in [1.165, 1.54) is 7.11 Å². The van der Waals surface area contributed by atoms with Crippen molar-refractivity contribution in [2.45, 2.75) is 30.4 Å². The Bertz CT molecular complexity index is 1110. The largest absolute Gasteiger partial charge is 0.495 e. The van der Waals surface area contributed by atoms with Gasteiger partial charge in [-0.25, -0.2) is 8.42 Å². The predicted octanol–water partition coefficient (Wildman–Crippen LogP) is 4.80. The number of aryl methyl sites for hydroxylation is 2. The minimum atomic E-state index is -3.58. The van der Waals surface area contributed by atoms with E-state index < -0.39 is 9.84 Å². The van der Waals surface area contributed by atoms with Gasteiger partial charge in [-0.05, 0) is 67.7 Å². The molecule has 3 aromatic carbocycles. The fourth-order valence-electron chi connectivity index (χ4n) is 3.57. The summed E-state index contributed by atoms with van der Waals surface area (Å²) in [5.74, 6) is 0.317. The molecule has 0 unspecified atom stereocenters. The molecule has 3 rings (SSSR count). The Labute approximate surface area is 179 Å². The zero-order valence-electron chi connectivity index (χ0n) is 17.8. The predicted molar refractivity (Wildman–Crippen MR) is 123 cm³/mol. The van der Waals surface area contributed by atoms with Gasteiger partial charge in [-0.1, -0.05) is 60.2 Å². The number of benzene rings is 3. The molecule has 3 aromatic rings. The van der Waals surface area contributed by atoms with Crippen molar-refractivity contribution < 1.29 is 13.2 Å². The molecule has 0 spiro atoms. The average Bonchev–Trinajstić information content (AvgIpc) is 2.73. The Balaban J connectivity index is 1.91. The minimum absolute atomic E-state index is 0.0551. The summed E-state index contributed by atoms with van der Waals surface area (Å²) < 4.78 is 32.0. The molecule has 0 radical (unpaired) electrons. The Morgan fingerprint density at radius 2 is 1.63 bits per heavy atom. The molecule has 0 saturated carbocycles. The summed E-state index contributed by atoms with van der Waals surface area (Å²) in [6.07, 6.45) is 1.93. The number of nitrogens with one attached hydrogen (secondary N) is 1. The van der Waals surface area contributed by atoms with Crippen LogP contribution in [0.15, 0.2) is 71.6 Å². The molecule has 0 aromatic heterocycles. The van der Waals surface area contributed by atoms with Crippen LogP contribution in [0.4, 0.5) is 0 Å². The van der Waals surface area contributed by atoms with Crippen molar-refractivity contribution in [1.82, 2.24) is 5.32 Å². The van der Waals surface area contributed by atoms with Gasteiger partial charge in [0.15, 0.2) is 9.84 Å². The lowest BCUT2D eigenvalue weighted by molar-refractivity contribution is 0.403. The maximum atomic E-state index is 13.3.